The second-order valence-electron chi connectivity index (χ2n) is 30.3. The highest BCUT2D eigenvalue weighted by Crippen LogP contribution is 2.52. The molecule has 0 atom stereocenters. The predicted octanol–water partition coefficient (Wildman–Crippen LogP) is 22.2. The number of nitrogens with zero attached hydrogens (tertiary/aromatic N) is 4. The minimum atomic E-state index is -0.176. The number of fused-ring (bicyclic) bond motifs is 10. The van der Waals surface area contributed by atoms with Crippen LogP contribution in [-0.4, -0.2) is 15.8 Å². The summed E-state index contributed by atoms with van der Waals surface area (Å²) >= 11 is 0. The molecule has 2 aromatic heterocycles. The highest BCUT2D eigenvalue weighted by atomic mass is 15.2. The van der Waals surface area contributed by atoms with Gasteiger partial charge in [0.05, 0.1) is 33.4 Å². The van der Waals surface area contributed by atoms with E-state index in [2.05, 4.69) is 363 Å². The summed E-state index contributed by atoms with van der Waals surface area (Å²) in [4.78, 5) is 5.32. The van der Waals surface area contributed by atoms with Crippen molar-refractivity contribution in [1.29, 1.82) is 0 Å². The minimum absolute atomic E-state index is 0.0901. The maximum atomic E-state index is 2.66. The lowest BCUT2D eigenvalue weighted by Crippen LogP contribution is -2.61. The molecular formula is C88H79BN4. The fourth-order valence-corrected chi connectivity index (χ4v) is 15.1. The molecule has 0 unspecified atom stereocenters. The molecule has 2 aliphatic heterocycles. The molecule has 0 spiro atoms. The first-order chi connectivity index (χ1) is 44.7. The summed E-state index contributed by atoms with van der Waals surface area (Å²) in [6.07, 6.45) is 0. The van der Waals surface area contributed by atoms with Gasteiger partial charge in [-0.05, 0) is 155 Å². The topological polar surface area (TPSA) is 16.3 Å². The third-order valence-corrected chi connectivity index (χ3v) is 20.1. The van der Waals surface area contributed by atoms with Crippen LogP contribution in [0.2, 0.25) is 0 Å². The van der Waals surface area contributed by atoms with Gasteiger partial charge in [-0.1, -0.05) is 271 Å². The molecule has 0 saturated carbocycles. The molecule has 2 aliphatic rings. The van der Waals surface area contributed by atoms with Crippen LogP contribution in [0.5, 0.6) is 0 Å². The molecule has 14 aromatic rings. The molecule has 0 radical (unpaired) electrons. The van der Waals surface area contributed by atoms with Crippen molar-refractivity contribution in [3.63, 3.8) is 0 Å². The number of hydrogen-bond acceptors (Lipinski definition) is 2. The van der Waals surface area contributed by atoms with E-state index in [1.54, 1.807) is 0 Å². The number of rotatable bonds is 7. The zero-order valence-electron chi connectivity index (χ0n) is 55.7. The van der Waals surface area contributed by atoms with Gasteiger partial charge in [0.25, 0.3) is 6.71 Å². The Bertz CT molecular complexity index is 4860. The number of aromatic nitrogens is 2. The Morgan fingerprint density at radius 2 is 0.570 bits per heavy atom. The molecule has 0 N–H and O–H groups in total. The second-order valence-corrected chi connectivity index (χ2v) is 30.3. The largest absolute Gasteiger partial charge is 0.311 e. The number of para-hydroxylation sites is 6. The van der Waals surface area contributed by atoms with Crippen LogP contribution in [0, 0.1) is 0 Å². The summed E-state index contributed by atoms with van der Waals surface area (Å²) < 4.78 is 4.98. The van der Waals surface area contributed by atoms with Crippen molar-refractivity contribution in [2.45, 2.75) is 105 Å². The Hall–Kier alpha value is -10.1. The fourth-order valence-electron chi connectivity index (χ4n) is 15.1. The summed E-state index contributed by atoms with van der Waals surface area (Å²) in [7, 11) is 0. The Morgan fingerprint density at radius 1 is 0.247 bits per heavy atom. The normalized spacial score (nSPS) is 13.3. The van der Waals surface area contributed by atoms with E-state index < -0.39 is 0 Å². The van der Waals surface area contributed by atoms with Gasteiger partial charge in [0.15, 0.2) is 0 Å². The molecule has 4 nitrogen and oxygen atoms in total. The van der Waals surface area contributed by atoms with Crippen molar-refractivity contribution >= 4 is 101 Å². The summed E-state index contributed by atoms with van der Waals surface area (Å²) in [6.45, 7) is 28.0. The summed E-state index contributed by atoms with van der Waals surface area (Å²) in [5.41, 5.74) is 29.6. The van der Waals surface area contributed by atoms with Crippen LogP contribution in [0.4, 0.5) is 34.1 Å². The van der Waals surface area contributed by atoms with Crippen molar-refractivity contribution in [2.24, 2.45) is 0 Å². The Morgan fingerprint density at radius 3 is 0.925 bits per heavy atom. The molecule has 5 heteroatoms. The molecule has 0 aliphatic carbocycles. The van der Waals surface area contributed by atoms with Crippen LogP contribution in [-0.2, 0) is 21.7 Å². The van der Waals surface area contributed by atoms with E-state index in [1.807, 2.05) is 0 Å². The summed E-state index contributed by atoms with van der Waals surface area (Å²) in [6, 6.07) is 99.8. The van der Waals surface area contributed by atoms with Gasteiger partial charge in [0, 0.05) is 66.8 Å². The van der Waals surface area contributed by atoms with Gasteiger partial charge < -0.3 is 18.9 Å². The van der Waals surface area contributed by atoms with Crippen LogP contribution in [0.25, 0.3) is 88.4 Å². The molecule has 12 aromatic carbocycles. The number of anilines is 6. The first-order valence-electron chi connectivity index (χ1n) is 33.3. The number of benzene rings is 12. The first-order valence-corrected chi connectivity index (χ1v) is 33.3. The van der Waals surface area contributed by atoms with Crippen molar-refractivity contribution in [3.8, 4) is 44.8 Å². The predicted molar refractivity (Wildman–Crippen MR) is 400 cm³/mol. The molecule has 0 amide bonds. The third kappa shape index (κ3) is 9.56. The second kappa shape index (κ2) is 21.2. The van der Waals surface area contributed by atoms with Gasteiger partial charge in [0.2, 0.25) is 0 Å². The molecule has 0 saturated heterocycles. The van der Waals surface area contributed by atoms with Crippen molar-refractivity contribution < 1.29 is 0 Å². The lowest BCUT2D eigenvalue weighted by molar-refractivity contribution is 0.568. The average Bonchev–Trinajstić information content (AvgIpc) is 1.15. The van der Waals surface area contributed by atoms with Crippen molar-refractivity contribution in [3.05, 3.63) is 283 Å². The molecular weight excluding hydrogens is 1120 g/mol. The highest BCUT2D eigenvalue weighted by Gasteiger charge is 2.45. The number of hydrogen-bond donors (Lipinski definition) is 0. The van der Waals surface area contributed by atoms with Crippen molar-refractivity contribution in [1.82, 2.24) is 9.13 Å². The average molecular weight is 1200 g/mol. The van der Waals surface area contributed by atoms with Gasteiger partial charge in [0.1, 0.15) is 0 Å². The van der Waals surface area contributed by atoms with E-state index in [-0.39, 0.29) is 28.4 Å². The highest BCUT2D eigenvalue weighted by molar-refractivity contribution is 7.00. The Labute approximate surface area is 549 Å². The maximum Gasteiger partial charge on any atom is 0.252 e. The summed E-state index contributed by atoms with van der Waals surface area (Å²) in [5, 5.41) is 4.96. The van der Waals surface area contributed by atoms with E-state index >= 15 is 0 Å². The molecule has 16 rings (SSSR count). The van der Waals surface area contributed by atoms with Gasteiger partial charge in [-0.2, -0.15) is 0 Å². The van der Waals surface area contributed by atoms with Crippen LogP contribution in [0.1, 0.15) is 105 Å². The molecule has 0 bridgehead atoms. The standard InChI is InChI=1S/C88H79BN4/c1-85(2,3)60-46-58(47-61(52-60)86(4,5)6)66-30-16-22-36-74(66)92-80-54-64(90-76-38-24-18-32-68(76)69-33-19-25-39-77(69)90)42-44-72(80)89-73-45-43-65(91-78-40-26-20-34-70(78)71-35-21-27-41-79(71)91)55-81(73)93(83-51-57(50-82(92)84(83)89)56-28-14-13-15-29-56)75-37-23-17-31-67(75)59-48-62(87(7,8)9)53-63(49-59)88(10,11)12/h13-55H,1-12H3. The van der Waals surface area contributed by atoms with Crippen molar-refractivity contribution in [2.75, 3.05) is 9.80 Å². The lowest BCUT2D eigenvalue weighted by Gasteiger charge is -2.45. The van der Waals surface area contributed by atoms with Gasteiger partial charge in [-0.25, -0.2) is 0 Å². The zero-order valence-corrected chi connectivity index (χ0v) is 55.7. The fraction of sp³-hybridized carbons (Fsp3) is 0.182. The van der Waals surface area contributed by atoms with Gasteiger partial charge >= 0.3 is 0 Å². The smallest absolute Gasteiger partial charge is 0.252 e. The third-order valence-electron chi connectivity index (χ3n) is 20.1. The monoisotopic (exact) mass is 1200 g/mol. The van der Waals surface area contributed by atoms with Gasteiger partial charge in [-0.3, -0.25) is 0 Å². The molecule has 93 heavy (non-hydrogen) atoms. The summed E-state index contributed by atoms with van der Waals surface area (Å²) in [5.74, 6) is 0. The Kier molecular flexibility index (Phi) is 13.2. The minimum Gasteiger partial charge on any atom is -0.311 e. The van der Waals surface area contributed by atoms with Crippen LogP contribution in [0.15, 0.2) is 261 Å². The van der Waals surface area contributed by atoms with E-state index in [0.717, 1.165) is 56.6 Å². The quantitative estimate of drug-likeness (QED) is 0.148. The molecule has 4 heterocycles. The van der Waals surface area contributed by atoms with E-state index in [4.69, 9.17) is 0 Å². The van der Waals surface area contributed by atoms with E-state index in [0.29, 0.717) is 0 Å². The zero-order chi connectivity index (χ0) is 64.0. The Balaban J connectivity index is 1.05. The van der Waals surface area contributed by atoms with Crippen LogP contribution >= 0.6 is 0 Å². The van der Waals surface area contributed by atoms with Crippen LogP contribution < -0.4 is 26.2 Å². The van der Waals surface area contributed by atoms with E-state index in [9.17, 15) is 0 Å². The molecule has 454 valence electrons. The molecule has 0 fully saturated rings. The first kappa shape index (κ1) is 58.0. The maximum absolute atomic E-state index is 2.66. The van der Waals surface area contributed by atoms with Crippen LogP contribution in [0.3, 0.4) is 0 Å². The van der Waals surface area contributed by atoms with E-state index in [1.165, 1.54) is 105 Å². The lowest BCUT2D eigenvalue weighted by atomic mass is 9.33. The SMILES string of the molecule is CC(C)(C)c1cc(-c2ccccc2N2c3cc(-n4c5ccccc5c5ccccc54)ccc3B3c4ccc(-n5c6ccccc6c6ccccc65)cc4N(c4ccccc4-c4cc(C(C)(C)C)cc(C(C)(C)C)c4)c4cc(-c5ccccc5)cc2c43)cc(C(C)(C)C)c1. The van der Waals surface area contributed by atoms with Gasteiger partial charge in [-0.15, -0.1) is 0 Å².